The minimum Gasteiger partial charge on any atom is -0.508 e. The predicted molar refractivity (Wildman–Crippen MR) is 213 cm³/mol. The van der Waals surface area contributed by atoms with Crippen LogP contribution in [0, 0.1) is 11.8 Å². The Balaban J connectivity index is 0.000000303. The van der Waals surface area contributed by atoms with Gasteiger partial charge in [0.1, 0.15) is 34.7 Å². The van der Waals surface area contributed by atoms with Crippen molar-refractivity contribution in [1.82, 2.24) is 5.32 Å². The monoisotopic (exact) mass is 836 g/mol. The van der Waals surface area contributed by atoms with Gasteiger partial charge in [-0.05, 0) is 56.5 Å². The number of benzene rings is 3. The van der Waals surface area contributed by atoms with Crippen molar-refractivity contribution in [3.05, 3.63) is 64.3 Å². The second-order valence-electron chi connectivity index (χ2n) is 14.5. The maximum Gasteiger partial charge on any atom is 0.332 e. The first-order valence-electron chi connectivity index (χ1n) is 19.1. The van der Waals surface area contributed by atoms with Crippen LogP contribution in [0.2, 0.25) is 0 Å². The zero-order valence-corrected chi connectivity index (χ0v) is 33.5. The zero-order valence-electron chi connectivity index (χ0n) is 33.5. The van der Waals surface area contributed by atoms with Crippen molar-refractivity contribution in [3.63, 3.8) is 0 Å². The average Bonchev–Trinajstić information content (AvgIpc) is 3.19. The number of esters is 3. The minimum atomic E-state index is -1.42. The first-order valence-corrected chi connectivity index (χ1v) is 19.1. The number of carbonyl (C=O) groups excluding carboxylic acids is 5. The lowest BCUT2D eigenvalue weighted by Crippen LogP contribution is -2.50. The molecule has 5 rings (SSSR count). The van der Waals surface area contributed by atoms with E-state index in [2.05, 4.69) is 10.6 Å². The van der Waals surface area contributed by atoms with Crippen LogP contribution in [-0.2, 0) is 33.4 Å². The van der Waals surface area contributed by atoms with Gasteiger partial charge >= 0.3 is 17.9 Å². The van der Waals surface area contributed by atoms with Gasteiger partial charge in [0.15, 0.2) is 35.2 Å². The molecule has 1 aliphatic rings. The number of rotatable bonds is 12. The molecule has 60 heavy (non-hydrogen) atoms. The summed E-state index contributed by atoms with van der Waals surface area (Å²) in [5.41, 5.74) is -1.10. The number of unbranched alkanes of at least 4 members (excludes halogenated alkanes) is 2. The summed E-state index contributed by atoms with van der Waals surface area (Å²) >= 11 is 0. The molecule has 18 heteroatoms. The topological polar surface area (TPSA) is 289 Å². The standard InChI is InChI=1S/C27H38N2O9.C15H10O7/c1-6-7-8-10-19-24(38-21(31)13-15(2)3)17(5)37-27(35)22(16(4)36-26(19)34)29-25(33)18-11-9-12-20(23(18)32)28-14-30;16-7-4-10(19)12-11(5-7)22-15(14(21)13(12)20)6-1-2-8(17)9(18)3-6/h9,11-12,14-17,19,22,24,32H,6-8,10,13H2,1-5H3,(H,28,30)(H,29,33);1-5,16-19,21H. The normalized spacial score (nSPS) is 19.1. The second-order valence-corrected chi connectivity index (χ2v) is 14.5. The lowest BCUT2D eigenvalue weighted by molar-refractivity contribution is -0.175. The van der Waals surface area contributed by atoms with Gasteiger partial charge in [0.25, 0.3) is 5.91 Å². The van der Waals surface area contributed by atoms with Crippen LogP contribution in [0.25, 0.3) is 22.3 Å². The SMILES string of the molecule is CCCCCC1C(=O)OC(C)C(NC(=O)c2cccc(NC=O)c2O)C(=O)OC(C)C1OC(=O)CC(C)C.O=c1c(O)c(-c2ccc(O)c(O)c2)oc2cc(O)cc(O)c12. The van der Waals surface area contributed by atoms with Crippen LogP contribution in [0.3, 0.4) is 0 Å². The molecule has 0 bridgehead atoms. The van der Waals surface area contributed by atoms with E-state index in [0.717, 1.165) is 37.1 Å². The Bertz CT molecular complexity index is 2290. The average molecular weight is 837 g/mol. The summed E-state index contributed by atoms with van der Waals surface area (Å²) < 4.78 is 22.2. The summed E-state index contributed by atoms with van der Waals surface area (Å²) in [5.74, 6) is -6.99. The van der Waals surface area contributed by atoms with E-state index in [-0.39, 0.29) is 57.4 Å². The van der Waals surface area contributed by atoms with E-state index in [1.807, 2.05) is 20.8 Å². The molecule has 5 atom stereocenters. The van der Waals surface area contributed by atoms with Crippen molar-refractivity contribution >= 4 is 46.9 Å². The van der Waals surface area contributed by atoms with E-state index in [4.69, 9.17) is 18.6 Å². The van der Waals surface area contributed by atoms with Gasteiger partial charge in [-0.3, -0.25) is 24.0 Å². The van der Waals surface area contributed by atoms with Crippen LogP contribution in [0.15, 0.2) is 57.7 Å². The van der Waals surface area contributed by atoms with Gasteiger partial charge < -0.3 is 59.9 Å². The third-order valence-corrected chi connectivity index (χ3v) is 9.41. The van der Waals surface area contributed by atoms with Crippen molar-refractivity contribution in [2.45, 2.75) is 91.1 Å². The molecule has 8 N–H and O–H groups in total. The first kappa shape index (κ1) is 45.7. The molecule has 322 valence electrons. The quantitative estimate of drug-likeness (QED) is 0.0304. The molecule has 0 saturated carbocycles. The van der Waals surface area contributed by atoms with Crippen molar-refractivity contribution in [1.29, 1.82) is 0 Å². The van der Waals surface area contributed by atoms with Crippen LogP contribution in [-0.4, -0.2) is 85.2 Å². The van der Waals surface area contributed by atoms with Crippen LogP contribution < -0.4 is 16.1 Å². The van der Waals surface area contributed by atoms with Crippen LogP contribution in [0.1, 0.15) is 77.1 Å². The number of fused-ring (bicyclic) bond motifs is 1. The molecule has 4 aromatic rings. The maximum absolute atomic E-state index is 13.3. The van der Waals surface area contributed by atoms with Crippen molar-refractivity contribution in [3.8, 4) is 45.8 Å². The fourth-order valence-electron chi connectivity index (χ4n) is 6.36. The first-order chi connectivity index (χ1) is 28.4. The van der Waals surface area contributed by atoms with Gasteiger partial charge in [-0.15, -0.1) is 0 Å². The lowest BCUT2D eigenvalue weighted by atomic mass is 9.92. The highest BCUT2D eigenvalue weighted by atomic mass is 16.6. The number of nitrogens with one attached hydrogen (secondary N) is 2. The predicted octanol–water partition coefficient (Wildman–Crippen LogP) is 5.08. The van der Waals surface area contributed by atoms with Crippen LogP contribution >= 0.6 is 0 Å². The Hall–Kier alpha value is -6.98. The third-order valence-electron chi connectivity index (χ3n) is 9.41. The number of cyclic esters (lactones) is 2. The summed E-state index contributed by atoms with van der Waals surface area (Å²) in [4.78, 5) is 74.9. The van der Waals surface area contributed by atoms with Crippen molar-refractivity contribution in [2.75, 3.05) is 5.32 Å². The number of ether oxygens (including phenoxy) is 3. The Morgan fingerprint density at radius 3 is 2.20 bits per heavy atom. The minimum absolute atomic E-state index is 0.00114. The fourth-order valence-corrected chi connectivity index (χ4v) is 6.36. The second kappa shape index (κ2) is 20.1. The molecule has 2 heterocycles. The van der Waals surface area contributed by atoms with Gasteiger partial charge in [0.2, 0.25) is 17.6 Å². The molecular weight excluding hydrogens is 788 g/mol. The maximum atomic E-state index is 13.3. The van der Waals surface area contributed by atoms with Gasteiger partial charge in [-0.2, -0.15) is 0 Å². The highest BCUT2D eigenvalue weighted by Gasteiger charge is 2.44. The Labute approximate surface area is 343 Å². The number of hydrogen-bond acceptors (Lipinski definition) is 16. The number of aromatic hydroxyl groups is 6. The Kier molecular flexibility index (Phi) is 15.3. The number of phenolic OH excluding ortho intramolecular Hbond substituents is 5. The number of hydrogen-bond donors (Lipinski definition) is 8. The number of phenols is 5. The lowest BCUT2D eigenvalue weighted by Gasteiger charge is -2.29. The van der Waals surface area contributed by atoms with E-state index in [1.165, 1.54) is 38.1 Å². The summed E-state index contributed by atoms with van der Waals surface area (Å²) in [6.45, 7) is 8.70. The van der Waals surface area contributed by atoms with Gasteiger partial charge in [-0.1, -0.05) is 46.1 Å². The van der Waals surface area contributed by atoms with Gasteiger partial charge in [0.05, 0.1) is 17.2 Å². The van der Waals surface area contributed by atoms with Gasteiger partial charge in [-0.25, -0.2) is 4.79 Å². The molecule has 2 amide bonds. The fraction of sp³-hybridized carbons (Fsp3) is 0.381. The molecule has 5 unspecified atom stereocenters. The highest BCUT2D eigenvalue weighted by molar-refractivity contribution is 6.01. The molecule has 1 aromatic heterocycles. The molecule has 1 aliphatic heterocycles. The number of carbonyl (C=O) groups is 5. The van der Waals surface area contributed by atoms with Gasteiger partial charge in [0, 0.05) is 24.1 Å². The molecule has 0 aliphatic carbocycles. The Morgan fingerprint density at radius 2 is 1.55 bits per heavy atom. The summed E-state index contributed by atoms with van der Waals surface area (Å²) in [5, 5.41) is 62.7. The molecular formula is C42H48N2O16. The molecule has 0 spiro atoms. The smallest absolute Gasteiger partial charge is 0.332 e. The van der Waals surface area contributed by atoms with E-state index < -0.39 is 82.5 Å². The van der Waals surface area contributed by atoms with Crippen molar-refractivity contribution < 1.29 is 73.2 Å². The highest BCUT2D eigenvalue weighted by Crippen LogP contribution is 2.38. The molecule has 3 aromatic carbocycles. The molecule has 1 fully saturated rings. The number of para-hydroxylation sites is 1. The van der Waals surface area contributed by atoms with E-state index in [1.54, 1.807) is 0 Å². The summed E-state index contributed by atoms with van der Waals surface area (Å²) in [6, 6.07) is 8.35. The number of anilines is 1. The Morgan fingerprint density at radius 1 is 0.850 bits per heavy atom. The van der Waals surface area contributed by atoms with Crippen LogP contribution in [0.5, 0.6) is 34.5 Å². The van der Waals surface area contributed by atoms with E-state index >= 15 is 0 Å². The number of amides is 2. The molecule has 0 radical (unpaired) electrons. The van der Waals surface area contributed by atoms with Crippen LogP contribution in [0.4, 0.5) is 5.69 Å². The van der Waals surface area contributed by atoms with Crippen molar-refractivity contribution in [2.24, 2.45) is 11.8 Å². The van der Waals surface area contributed by atoms with E-state index in [9.17, 15) is 59.4 Å². The zero-order chi connectivity index (χ0) is 44.4. The summed E-state index contributed by atoms with van der Waals surface area (Å²) in [7, 11) is 0. The molecule has 1 saturated heterocycles. The molecule has 18 nitrogen and oxygen atoms in total. The third kappa shape index (κ3) is 10.9. The van der Waals surface area contributed by atoms with E-state index in [0.29, 0.717) is 19.3 Å². The summed E-state index contributed by atoms with van der Waals surface area (Å²) in [6.07, 6.45) is 0.0639. The largest absolute Gasteiger partial charge is 0.508 e.